The average molecular weight is 395 g/mol. The molecule has 0 unspecified atom stereocenters. The van der Waals surface area contributed by atoms with Gasteiger partial charge in [0.2, 0.25) is 10.0 Å². The van der Waals surface area contributed by atoms with E-state index in [1.54, 1.807) is 0 Å². The number of thiophene rings is 1. The van der Waals surface area contributed by atoms with Crippen molar-refractivity contribution in [2.24, 2.45) is 5.14 Å². The molecule has 26 heavy (non-hydrogen) atoms. The van der Waals surface area contributed by atoms with E-state index in [4.69, 9.17) is 9.88 Å². The first-order valence-electron chi connectivity index (χ1n) is 8.52. The van der Waals surface area contributed by atoms with E-state index in [9.17, 15) is 13.2 Å². The summed E-state index contributed by atoms with van der Waals surface area (Å²) in [4.78, 5) is 14.5. The second-order valence-corrected chi connectivity index (χ2v) is 9.03. The SMILES string of the molecule is COc1ccc(S(N)(=O)=O)cc1NC(=O)c1cc2c(s1)CCCCCC2. The summed E-state index contributed by atoms with van der Waals surface area (Å²) in [6, 6.07) is 6.09. The minimum atomic E-state index is -3.87. The number of carbonyl (C=O) groups is 1. The lowest BCUT2D eigenvalue weighted by atomic mass is 10.00. The van der Waals surface area contributed by atoms with Crippen molar-refractivity contribution in [3.8, 4) is 5.75 Å². The van der Waals surface area contributed by atoms with Crippen LogP contribution in [0.15, 0.2) is 29.2 Å². The van der Waals surface area contributed by atoms with Crippen molar-refractivity contribution in [2.75, 3.05) is 12.4 Å². The highest BCUT2D eigenvalue weighted by Crippen LogP contribution is 2.31. The number of nitrogens with one attached hydrogen (secondary N) is 1. The maximum absolute atomic E-state index is 12.7. The quantitative estimate of drug-likeness (QED) is 0.831. The summed E-state index contributed by atoms with van der Waals surface area (Å²) in [6.45, 7) is 0. The molecule has 3 rings (SSSR count). The number of primary sulfonamides is 1. The summed E-state index contributed by atoms with van der Waals surface area (Å²) >= 11 is 1.51. The first-order chi connectivity index (χ1) is 12.4. The molecule has 140 valence electrons. The second-order valence-electron chi connectivity index (χ2n) is 6.33. The predicted molar refractivity (Wildman–Crippen MR) is 103 cm³/mol. The zero-order chi connectivity index (χ0) is 18.7. The number of sulfonamides is 1. The van der Waals surface area contributed by atoms with Crippen LogP contribution in [0.3, 0.4) is 0 Å². The van der Waals surface area contributed by atoms with Crippen LogP contribution in [0.4, 0.5) is 5.69 Å². The Balaban J connectivity index is 1.87. The van der Waals surface area contributed by atoms with Gasteiger partial charge in [-0.3, -0.25) is 4.79 Å². The molecule has 0 bridgehead atoms. The van der Waals surface area contributed by atoms with E-state index in [0.29, 0.717) is 10.6 Å². The number of fused-ring (bicyclic) bond motifs is 1. The Bertz CT molecular complexity index is 894. The van der Waals surface area contributed by atoms with Crippen LogP contribution in [-0.2, 0) is 22.9 Å². The third-order valence-corrected chi connectivity index (χ3v) is 6.61. The number of amides is 1. The first kappa shape index (κ1) is 18.9. The average Bonchev–Trinajstić information content (AvgIpc) is 2.96. The van der Waals surface area contributed by atoms with E-state index in [-0.39, 0.29) is 16.5 Å². The molecule has 8 heteroatoms. The molecule has 1 aliphatic carbocycles. The standard InChI is InChI=1S/C18H22N2O4S2/c1-24-15-9-8-13(26(19,22)23)11-14(15)20-18(21)17-10-12-6-4-2-3-5-7-16(12)25-17/h8-11H,2-7H2,1H3,(H,20,21)(H2,19,22,23). The van der Waals surface area contributed by atoms with E-state index in [1.165, 1.54) is 59.9 Å². The van der Waals surface area contributed by atoms with E-state index < -0.39 is 10.0 Å². The second kappa shape index (κ2) is 7.77. The van der Waals surface area contributed by atoms with Crippen LogP contribution >= 0.6 is 11.3 Å². The summed E-state index contributed by atoms with van der Waals surface area (Å²) in [5.41, 5.74) is 1.54. The Morgan fingerprint density at radius 3 is 2.58 bits per heavy atom. The summed E-state index contributed by atoms with van der Waals surface area (Å²) in [6.07, 6.45) is 6.78. The molecule has 6 nitrogen and oxygen atoms in total. The van der Waals surface area contributed by atoms with Gasteiger partial charge in [-0.2, -0.15) is 0 Å². The third kappa shape index (κ3) is 4.25. The van der Waals surface area contributed by atoms with Crippen LogP contribution in [0.1, 0.15) is 45.8 Å². The number of nitrogens with two attached hydrogens (primary N) is 1. The lowest BCUT2D eigenvalue weighted by Crippen LogP contribution is -2.15. The minimum Gasteiger partial charge on any atom is -0.495 e. The van der Waals surface area contributed by atoms with E-state index in [2.05, 4.69) is 5.32 Å². The summed E-state index contributed by atoms with van der Waals surface area (Å²) in [5, 5.41) is 7.93. The predicted octanol–water partition coefficient (Wildman–Crippen LogP) is 3.32. The molecule has 2 aromatic rings. The number of benzene rings is 1. The lowest BCUT2D eigenvalue weighted by Gasteiger charge is -2.11. The lowest BCUT2D eigenvalue weighted by molar-refractivity contribution is 0.103. The van der Waals surface area contributed by atoms with Crippen LogP contribution in [0.2, 0.25) is 0 Å². The van der Waals surface area contributed by atoms with Gasteiger partial charge in [0, 0.05) is 4.88 Å². The van der Waals surface area contributed by atoms with Gasteiger partial charge in [-0.25, -0.2) is 13.6 Å². The first-order valence-corrected chi connectivity index (χ1v) is 10.9. The van der Waals surface area contributed by atoms with Gasteiger partial charge in [-0.1, -0.05) is 12.8 Å². The van der Waals surface area contributed by atoms with Gasteiger partial charge in [0.25, 0.3) is 5.91 Å². The molecule has 1 heterocycles. The maximum Gasteiger partial charge on any atom is 0.265 e. The van der Waals surface area contributed by atoms with E-state index in [1.807, 2.05) is 6.07 Å². The molecule has 0 saturated heterocycles. The number of hydrogen-bond donors (Lipinski definition) is 2. The third-order valence-electron chi connectivity index (χ3n) is 4.47. The van der Waals surface area contributed by atoms with Gasteiger partial charge in [0.05, 0.1) is 22.6 Å². The molecular weight excluding hydrogens is 372 g/mol. The molecule has 1 amide bonds. The van der Waals surface area contributed by atoms with Crippen molar-refractivity contribution in [2.45, 2.75) is 43.4 Å². The van der Waals surface area contributed by atoms with Crippen LogP contribution in [0.5, 0.6) is 5.75 Å². The van der Waals surface area contributed by atoms with Crippen LogP contribution in [-0.4, -0.2) is 21.4 Å². The zero-order valence-electron chi connectivity index (χ0n) is 14.6. The van der Waals surface area contributed by atoms with Crippen molar-refractivity contribution in [3.05, 3.63) is 39.6 Å². The number of anilines is 1. The van der Waals surface area contributed by atoms with Crippen molar-refractivity contribution in [3.63, 3.8) is 0 Å². The van der Waals surface area contributed by atoms with Crippen molar-refractivity contribution >= 4 is 33.0 Å². The normalized spacial score (nSPS) is 14.8. The fourth-order valence-corrected chi connectivity index (χ4v) is 4.79. The number of hydrogen-bond acceptors (Lipinski definition) is 5. The van der Waals surface area contributed by atoms with Gasteiger partial charge >= 0.3 is 0 Å². The Hall–Kier alpha value is -1.90. The van der Waals surface area contributed by atoms with Crippen LogP contribution < -0.4 is 15.2 Å². The fraction of sp³-hybridized carbons (Fsp3) is 0.389. The molecule has 3 N–H and O–H groups in total. The number of aryl methyl sites for hydroxylation is 2. The highest BCUT2D eigenvalue weighted by Gasteiger charge is 2.18. The topological polar surface area (TPSA) is 98.5 Å². The maximum atomic E-state index is 12.7. The Kier molecular flexibility index (Phi) is 5.64. The number of rotatable bonds is 4. The number of methoxy groups -OCH3 is 1. The minimum absolute atomic E-state index is 0.0768. The molecule has 1 aliphatic rings. The molecule has 1 aromatic heterocycles. The Labute approximate surface area is 157 Å². The van der Waals surface area contributed by atoms with Crippen molar-refractivity contribution in [1.29, 1.82) is 0 Å². The fourth-order valence-electron chi connectivity index (χ4n) is 3.10. The molecule has 0 spiro atoms. The van der Waals surface area contributed by atoms with Crippen molar-refractivity contribution in [1.82, 2.24) is 0 Å². The van der Waals surface area contributed by atoms with Gasteiger partial charge < -0.3 is 10.1 Å². The van der Waals surface area contributed by atoms with Gasteiger partial charge in [0.1, 0.15) is 5.75 Å². The summed E-state index contributed by atoms with van der Waals surface area (Å²) in [7, 11) is -2.41. The largest absolute Gasteiger partial charge is 0.495 e. The van der Waals surface area contributed by atoms with Crippen LogP contribution in [0, 0.1) is 0 Å². The summed E-state index contributed by atoms with van der Waals surface area (Å²) < 4.78 is 28.3. The number of ether oxygens (including phenoxy) is 1. The molecule has 0 fully saturated rings. The molecule has 0 saturated carbocycles. The smallest absolute Gasteiger partial charge is 0.265 e. The Morgan fingerprint density at radius 1 is 1.15 bits per heavy atom. The van der Waals surface area contributed by atoms with Crippen molar-refractivity contribution < 1.29 is 17.9 Å². The van der Waals surface area contributed by atoms with Gasteiger partial charge in [-0.15, -0.1) is 11.3 Å². The summed E-state index contributed by atoms with van der Waals surface area (Å²) in [5.74, 6) is 0.104. The zero-order valence-corrected chi connectivity index (χ0v) is 16.2. The molecule has 0 radical (unpaired) electrons. The highest BCUT2D eigenvalue weighted by atomic mass is 32.2. The molecule has 0 atom stereocenters. The van der Waals surface area contributed by atoms with Gasteiger partial charge in [-0.05, 0) is 55.5 Å². The molecule has 0 aliphatic heterocycles. The molecule has 1 aromatic carbocycles. The van der Waals surface area contributed by atoms with E-state index >= 15 is 0 Å². The monoisotopic (exact) mass is 394 g/mol. The molecular formula is C18H22N2O4S2. The van der Waals surface area contributed by atoms with Gasteiger partial charge in [0.15, 0.2) is 0 Å². The Morgan fingerprint density at radius 2 is 1.88 bits per heavy atom. The van der Waals surface area contributed by atoms with Crippen LogP contribution in [0.25, 0.3) is 0 Å². The highest BCUT2D eigenvalue weighted by molar-refractivity contribution is 7.89. The number of carbonyl (C=O) groups excluding carboxylic acids is 1. The van der Waals surface area contributed by atoms with E-state index in [0.717, 1.165) is 25.7 Å².